The molecule has 1 aromatic heterocycles. The first-order valence-electron chi connectivity index (χ1n) is 8.21. The van der Waals surface area contributed by atoms with Crippen molar-refractivity contribution in [3.05, 3.63) is 47.8 Å². The number of carbonyl (C=O) groups is 1. The topological polar surface area (TPSA) is 101 Å². The second-order valence-corrected chi connectivity index (χ2v) is 7.62. The quantitative estimate of drug-likeness (QED) is 0.750. The van der Waals surface area contributed by atoms with Crippen molar-refractivity contribution in [2.24, 2.45) is 0 Å². The van der Waals surface area contributed by atoms with Crippen LogP contribution in [-0.4, -0.2) is 50.5 Å². The van der Waals surface area contributed by atoms with E-state index in [1.165, 1.54) is 31.2 Å². The number of hydrogen-bond acceptors (Lipinski definition) is 7. The molecule has 0 radical (unpaired) electrons. The molecule has 1 fully saturated rings. The molecule has 26 heavy (non-hydrogen) atoms. The molecule has 2 heterocycles. The van der Waals surface area contributed by atoms with E-state index >= 15 is 0 Å². The standard InChI is InChI=1S/C17H20N4O4S/c1-13(22)14-2-4-16(5-3-14)26(23,24)19-12-15-6-7-18-17(20-15)21-8-10-25-11-9-21/h2-7,19H,8-12H2,1H3. The molecule has 0 unspecified atom stereocenters. The van der Waals surface area contributed by atoms with E-state index in [0.29, 0.717) is 43.5 Å². The van der Waals surface area contributed by atoms with Crippen LogP contribution in [0.4, 0.5) is 5.95 Å². The number of aromatic nitrogens is 2. The van der Waals surface area contributed by atoms with Crippen LogP contribution in [0.1, 0.15) is 23.0 Å². The lowest BCUT2D eigenvalue weighted by Gasteiger charge is -2.26. The summed E-state index contributed by atoms with van der Waals surface area (Å²) in [6.07, 6.45) is 1.61. The van der Waals surface area contributed by atoms with Gasteiger partial charge in [-0.15, -0.1) is 0 Å². The zero-order valence-electron chi connectivity index (χ0n) is 14.4. The summed E-state index contributed by atoms with van der Waals surface area (Å²) in [5.41, 5.74) is 1.04. The predicted octanol–water partition coefficient (Wildman–Crippen LogP) is 0.994. The van der Waals surface area contributed by atoms with E-state index in [4.69, 9.17) is 4.74 Å². The Kier molecular flexibility index (Phi) is 5.60. The average Bonchev–Trinajstić information content (AvgIpc) is 2.67. The smallest absolute Gasteiger partial charge is 0.240 e. The maximum Gasteiger partial charge on any atom is 0.240 e. The number of rotatable bonds is 6. The van der Waals surface area contributed by atoms with Gasteiger partial charge in [0.05, 0.1) is 30.3 Å². The molecule has 8 nitrogen and oxygen atoms in total. The molecule has 9 heteroatoms. The number of anilines is 1. The number of nitrogens with one attached hydrogen (secondary N) is 1. The van der Waals surface area contributed by atoms with Gasteiger partial charge in [-0.25, -0.2) is 23.1 Å². The zero-order valence-corrected chi connectivity index (χ0v) is 15.2. The Morgan fingerprint density at radius 3 is 2.54 bits per heavy atom. The number of morpholine rings is 1. The number of Topliss-reactive ketones (excluding diaryl/α,β-unsaturated/α-hetero) is 1. The summed E-state index contributed by atoms with van der Waals surface area (Å²) in [6.45, 7) is 4.14. The van der Waals surface area contributed by atoms with Crippen LogP contribution in [0.3, 0.4) is 0 Å². The molecule has 0 atom stereocenters. The fourth-order valence-electron chi connectivity index (χ4n) is 2.52. The van der Waals surface area contributed by atoms with E-state index < -0.39 is 10.0 Å². The fourth-order valence-corrected chi connectivity index (χ4v) is 3.52. The summed E-state index contributed by atoms with van der Waals surface area (Å²) in [5.74, 6) is 0.453. The first-order chi connectivity index (χ1) is 12.5. The largest absolute Gasteiger partial charge is 0.378 e. The minimum Gasteiger partial charge on any atom is -0.378 e. The SMILES string of the molecule is CC(=O)c1ccc(S(=O)(=O)NCc2ccnc(N3CCOCC3)n2)cc1. The number of ketones is 1. The first-order valence-corrected chi connectivity index (χ1v) is 9.69. The minimum atomic E-state index is -3.69. The third-order valence-corrected chi connectivity index (χ3v) is 5.43. The van der Waals surface area contributed by atoms with Gasteiger partial charge in [0.15, 0.2) is 5.78 Å². The molecule has 1 aromatic carbocycles. The molecule has 0 bridgehead atoms. The van der Waals surface area contributed by atoms with E-state index in [0.717, 1.165) is 0 Å². The van der Waals surface area contributed by atoms with Gasteiger partial charge in [-0.05, 0) is 25.1 Å². The molecular weight excluding hydrogens is 356 g/mol. The van der Waals surface area contributed by atoms with Crippen molar-refractivity contribution < 1.29 is 17.9 Å². The summed E-state index contributed by atoms with van der Waals surface area (Å²) in [6, 6.07) is 7.50. The number of benzene rings is 1. The van der Waals surface area contributed by atoms with Gasteiger partial charge >= 0.3 is 0 Å². The normalized spacial score (nSPS) is 15.0. The van der Waals surface area contributed by atoms with Gasteiger partial charge in [0, 0.05) is 24.8 Å². The van der Waals surface area contributed by atoms with Crippen LogP contribution in [0.15, 0.2) is 41.4 Å². The monoisotopic (exact) mass is 376 g/mol. The zero-order chi connectivity index (χ0) is 18.6. The minimum absolute atomic E-state index is 0.0522. The number of sulfonamides is 1. The van der Waals surface area contributed by atoms with Gasteiger partial charge < -0.3 is 9.64 Å². The second-order valence-electron chi connectivity index (χ2n) is 5.85. The molecule has 2 aromatic rings. The number of carbonyl (C=O) groups excluding carboxylic acids is 1. The highest BCUT2D eigenvalue weighted by atomic mass is 32.2. The van der Waals surface area contributed by atoms with Crippen molar-refractivity contribution in [1.29, 1.82) is 0 Å². The third-order valence-electron chi connectivity index (χ3n) is 4.01. The van der Waals surface area contributed by atoms with Gasteiger partial charge in [0.1, 0.15) is 0 Å². The Balaban J connectivity index is 1.68. The number of nitrogens with zero attached hydrogens (tertiary/aromatic N) is 3. The van der Waals surface area contributed by atoms with Gasteiger partial charge in [0.25, 0.3) is 0 Å². The molecule has 3 rings (SSSR count). The molecule has 0 aliphatic carbocycles. The number of ether oxygens (including phenoxy) is 1. The Bertz CT molecular complexity index is 878. The van der Waals surface area contributed by atoms with Crippen LogP contribution in [-0.2, 0) is 21.3 Å². The van der Waals surface area contributed by atoms with E-state index in [2.05, 4.69) is 14.7 Å². The fraction of sp³-hybridized carbons (Fsp3) is 0.353. The van der Waals surface area contributed by atoms with Crippen molar-refractivity contribution >= 4 is 21.8 Å². The van der Waals surface area contributed by atoms with Gasteiger partial charge in [0.2, 0.25) is 16.0 Å². The maximum absolute atomic E-state index is 12.4. The Hall–Kier alpha value is -2.36. The summed E-state index contributed by atoms with van der Waals surface area (Å²) in [5, 5.41) is 0. The Morgan fingerprint density at radius 2 is 1.88 bits per heavy atom. The second kappa shape index (κ2) is 7.90. The number of hydrogen-bond donors (Lipinski definition) is 1. The highest BCUT2D eigenvalue weighted by Crippen LogP contribution is 2.13. The highest BCUT2D eigenvalue weighted by molar-refractivity contribution is 7.89. The van der Waals surface area contributed by atoms with Crippen LogP contribution in [0, 0.1) is 0 Å². The van der Waals surface area contributed by atoms with E-state index in [-0.39, 0.29) is 17.2 Å². The van der Waals surface area contributed by atoms with Gasteiger partial charge in [-0.2, -0.15) is 0 Å². The highest BCUT2D eigenvalue weighted by Gasteiger charge is 2.16. The van der Waals surface area contributed by atoms with Gasteiger partial charge in [-0.3, -0.25) is 4.79 Å². The molecule has 138 valence electrons. The molecule has 0 saturated carbocycles. The Morgan fingerprint density at radius 1 is 1.19 bits per heavy atom. The average molecular weight is 376 g/mol. The summed E-state index contributed by atoms with van der Waals surface area (Å²) in [4.78, 5) is 22.1. The van der Waals surface area contributed by atoms with Crippen LogP contribution >= 0.6 is 0 Å². The molecular formula is C17H20N4O4S. The van der Waals surface area contributed by atoms with E-state index in [1.54, 1.807) is 12.3 Å². The molecule has 1 aliphatic rings. The summed E-state index contributed by atoms with van der Waals surface area (Å²) in [7, 11) is -3.69. The summed E-state index contributed by atoms with van der Waals surface area (Å²) >= 11 is 0. The van der Waals surface area contributed by atoms with Crippen LogP contribution in [0.5, 0.6) is 0 Å². The van der Waals surface area contributed by atoms with Crippen molar-refractivity contribution in [1.82, 2.24) is 14.7 Å². The van der Waals surface area contributed by atoms with Crippen molar-refractivity contribution in [2.45, 2.75) is 18.4 Å². The van der Waals surface area contributed by atoms with Crippen molar-refractivity contribution in [2.75, 3.05) is 31.2 Å². The van der Waals surface area contributed by atoms with Crippen LogP contribution in [0.2, 0.25) is 0 Å². The Labute approximate surface area is 152 Å². The van der Waals surface area contributed by atoms with Gasteiger partial charge in [-0.1, -0.05) is 12.1 Å². The van der Waals surface area contributed by atoms with Crippen molar-refractivity contribution in [3.63, 3.8) is 0 Å². The molecule has 0 spiro atoms. The molecule has 1 aliphatic heterocycles. The third kappa shape index (κ3) is 4.43. The van der Waals surface area contributed by atoms with Crippen LogP contribution in [0.25, 0.3) is 0 Å². The maximum atomic E-state index is 12.4. The molecule has 1 N–H and O–H groups in total. The lowest BCUT2D eigenvalue weighted by molar-refractivity contribution is 0.101. The van der Waals surface area contributed by atoms with E-state index in [9.17, 15) is 13.2 Å². The van der Waals surface area contributed by atoms with E-state index in [1.807, 2.05) is 4.90 Å². The van der Waals surface area contributed by atoms with Crippen LogP contribution < -0.4 is 9.62 Å². The lowest BCUT2D eigenvalue weighted by Crippen LogP contribution is -2.37. The predicted molar refractivity (Wildman–Crippen MR) is 95.5 cm³/mol. The molecule has 1 saturated heterocycles. The summed E-state index contributed by atoms with van der Waals surface area (Å²) < 4.78 is 32.6. The molecule has 0 amide bonds. The first kappa shape index (κ1) is 18.4. The van der Waals surface area contributed by atoms with Crippen molar-refractivity contribution in [3.8, 4) is 0 Å². The lowest BCUT2D eigenvalue weighted by atomic mass is 10.2.